The molecule has 1 aliphatic heterocycles. The molecular weight excluding hydrogens is 315 g/mol. The Balaban J connectivity index is 0.00000192. The summed E-state index contributed by atoms with van der Waals surface area (Å²) in [7, 11) is 0. The van der Waals surface area contributed by atoms with E-state index in [0.29, 0.717) is 11.5 Å². The predicted octanol–water partition coefficient (Wildman–Crippen LogP) is 3.59. The second-order valence-corrected chi connectivity index (χ2v) is 6.60. The van der Waals surface area contributed by atoms with E-state index in [1.165, 1.54) is 18.9 Å². The monoisotopic (exact) mass is 340 g/mol. The second-order valence-electron chi connectivity index (χ2n) is 6.60. The van der Waals surface area contributed by atoms with Crippen LogP contribution in [0.5, 0.6) is 0 Å². The van der Waals surface area contributed by atoms with Crippen LogP contribution >= 0.6 is 12.4 Å². The smallest absolute Gasteiger partial charge is 0.224 e. The Morgan fingerprint density at radius 3 is 2.57 bits per heavy atom. The van der Waals surface area contributed by atoms with Crippen LogP contribution in [0, 0.1) is 17.7 Å². The third-order valence-corrected chi connectivity index (χ3v) is 5.08. The van der Waals surface area contributed by atoms with E-state index in [-0.39, 0.29) is 36.1 Å². The SMILES string of the molecule is Cl.O=C(NC(c1ccccc1F)C1CCCC1)C1CCCNC1. The lowest BCUT2D eigenvalue weighted by molar-refractivity contribution is -0.126. The van der Waals surface area contributed by atoms with Crippen molar-refractivity contribution in [2.24, 2.45) is 11.8 Å². The molecule has 23 heavy (non-hydrogen) atoms. The topological polar surface area (TPSA) is 41.1 Å². The normalized spacial score (nSPS) is 23.1. The van der Waals surface area contributed by atoms with Crippen molar-refractivity contribution in [3.8, 4) is 0 Å². The Kier molecular flexibility index (Phi) is 6.85. The minimum absolute atomic E-state index is 0. The number of carbonyl (C=O) groups is 1. The van der Waals surface area contributed by atoms with Gasteiger partial charge in [0.05, 0.1) is 12.0 Å². The lowest BCUT2D eigenvalue weighted by Crippen LogP contribution is -2.43. The fourth-order valence-corrected chi connectivity index (χ4v) is 3.81. The molecule has 1 heterocycles. The molecular formula is C18H26ClFN2O. The molecule has 0 bridgehead atoms. The lowest BCUT2D eigenvalue weighted by Gasteiger charge is -2.29. The Morgan fingerprint density at radius 1 is 1.17 bits per heavy atom. The van der Waals surface area contributed by atoms with Crippen molar-refractivity contribution in [3.05, 3.63) is 35.6 Å². The highest BCUT2D eigenvalue weighted by Crippen LogP contribution is 2.36. The number of nitrogens with one attached hydrogen (secondary N) is 2. The molecule has 0 radical (unpaired) electrons. The zero-order valence-corrected chi connectivity index (χ0v) is 14.2. The molecule has 1 amide bonds. The quantitative estimate of drug-likeness (QED) is 0.879. The standard InChI is InChI=1S/C18H25FN2O.ClH/c19-16-10-4-3-9-15(16)17(13-6-1-2-7-13)21-18(22)14-8-5-11-20-12-14;/h3-4,9-10,13-14,17,20H,1-2,5-8,11-12H2,(H,21,22);1H. The van der Waals surface area contributed by atoms with E-state index in [0.717, 1.165) is 38.8 Å². The molecule has 0 spiro atoms. The summed E-state index contributed by atoms with van der Waals surface area (Å²) in [6, 6.07) is 6.69. The average Bonchev–Trinajstić information content (AvgIpc) is 3.08. The Labute approximate surface area is 143 Å². The summed E-state index contributed by atoms with van der Waals surface area (Å²) in [5.41, 5.74) is 0.645. The Bertz CT molecular complexity index is 513. The van der Waals surface area contributed by atoms with Crippen LogP contribution in [0.1, 0.15) is 50.1 Å². The number of piperidine rings is 1. The molecule has 2 aliphatic rings. The molecule has 2 fully saturated rings. The van der Waals surface area contributed by atoms with Crippen molar-refractivity contribution in [1.82, 2.24) is 10.6 Å². The van der Waals surface area contributed by atoms with Crippen molar-refractivity contribution in [1.29, 1.82) is 0 Å². The van der Waals surface area contributed by atoms with Crippen molar-refractivity contribution in [2.45, 2.75) is 44.6 Å². The fourth-order valence-electron chi connectivity index (χ4n) is 3.81. The van der Waals surface area contributed by atoms with E-state index < -0.39 is 0 Å². The van der Waals surface area contributed by atoms with Gasteiger partial charge in [-0.15, -0.1) is 12.4 Å². The maximum atomic E-state index is 14.2. The molecule has 2 atom stereocenters. The van der Waals surface area contributed by atoms with Gasteiger partial charge in [-0.2, -0.15) is 0 Å². The van der Waals surface area contributed by atoms with Crippen LogP contribution in [-0.2, 0) is 4.79 Å². The lowest BCUT2D eigenvalue weighted by atomic mass is 9.90. The van der Waals surface area contributed by atoms with Crippen LogP contribution < -0.4 is 10.6 Å². The van der Waals surface area contributed by atoms with E-state index in [4.69, 9.17) is 0 Å². The third-order valence-electron chi connectivity index (χ3n) is 5.08. The summed E-state index contributed by atoms with van der Waals surface area (Å²) < 4.78 is 14.2. The van der Waals surface area contributed by atoms with Gasteiger partial charge in [-0.05, 0) is 44.2 Å². The first-order valence-electron chi connectivity index (χ1n) is 8.51. The van der Waals surface area contributed by atoms with Crippen LogP contribution in [0.3, 0.4) is 0 Å². The van der Waals surface area contributed by atoms with E-state index in [9.17, 15) is 9.18 Å². The van der Waals surface area contributed by atoms with Gasteiger partial charge in [0.1, 0.15) is 5.82 Å². The molecule has 3 nitrogen and oxygen atoms in total. The molecule has 1 aromatic carbocycles. The summed E-state index contributed by atoms with van der Waals surface area (Å²) in [4.78, 5) is 12.6. The van der Waals surface area contributed by atoms with Crippen LogP contribution in [0.4, 0.5) is 4.39 Å². The van der Waals surface area contributed by atoms with Gasteiger partial charge in [0.15, 0.2) is 0 Å². The van der Waals surface area contributed by atoms with Crippen LogP contribution in [0.2, 0.25) is 0 Å². The highest BCUT2D eigenvalue weighted by molar-refractivity contribution is 5.85. The molecule has 1 saturated heterocycles. The van der Waals surface area contributed by atoms with Gasteiger partial charge in [0.2, 0.25) is 5.91 Å². The molecule has 1 aliphatic carbocycles. The number of benzene rings is 1. The molecule has 0 aromatic heterocycles. The molecule has 2 N–H and O–H groups in total. The van der Waals surface area contributed by atoms with Gasteiger partial charge in [0.25, 0.3) is 0 Å². The molecule has 5 heteroatoms. The van der Waals surface area contributed by atoms with Gasteiger partial charge >= 0.3 is 0 Å². The van der Waals surface area contributed by atoms with E-state index in [1.54, 1.807) is 6.07 Å². The molecule has 2 unspecified atom stereocenters. The summed E-state index contributed by atoms with van der Waals surface area (Å²) in [5, 5.41) is 6.44. The third kappa shape index (κ3) is 4.45. The second kappa shape index (κ2) is 8.65. The first-order valence-corrected chi connectivity index (χ1v) is 8.51. The summed E-state index contributed by atoms with van der Waals surface area (Å²) >= 11 is 0. The number of hydrogen-bond donors (Lipinski definition) is 2. The van der Waals surface area contributed by atoms with Gasteiger partial charge in [-0.3, -0.25) is 4.79 Å². The van der Waals surface area contributed by atoms with Gasteiger partial charge in [-0.25, -0.2) is 4.39 Å². The van der Waals surface area contributed by atoms with Crippen molar-refractivity contribution >= 4 is 18.3 Å². The molecule has 128 valence electrons. The molecule has 1 saturated carbocycles. The molecule has 3 rings (SSSR count). The maximum Gasteiger partial charge on any atom is 0.224 e. The summed E-state index contributed by atoms with van der Waals surface area (Å²) in [6.45, 7) is 1.73. The van der Waals surface area contributed by atoms with Crippen LogP contribution in [-0.4, -0.2) is 19.0 Å². The first-order chi connectivity index (χ1) is 10.8. The fraction of sp³-hybridized carbons (Fsp3) is 0.611. The highest BCUT2D eigenvalue weighted by Gasteiger charge is 2.31. The van der Waals surface area contributed by atoms with Gasteiger partial charge < -0.3 is 10.6 Å². The van der Waals surface area contributed by atoms with Gasteiger partial charge in [-0.1, -0.05) is 31.0 Å². The zero-order valence-electron chi connectivity index (χ0n) is 13.4. The van der Waals surface area contributed by atoms with E-state index in [2.05, 4.69) is 10.6 Å². The van der Waals surface area contributed by atoms with Crippen LogP contribution in [0.15, 0.2) is 24.3 Å². The van der Waals surface area contributed by atoms with E-state index in [1.807, 2.05) is 12.1 Å². The Morgan fingerprint density at radius 2 is 1.91 bits per heavy atom. The molecule has 1 aromatic rings. The average molecular weight is 341 g/mol. The zero-order chi connectivity index (χ0) is 15.4. The Hall–Kier alpha value is -1.13. The number of carbonyl (C=O) groups excluding carboxylic acids is 1. The number of halogens is 2. The number of amides is 1. The summed E-state index contributed by atoms with van der Waals surface area (Å²) in [5.74, 6) is 0.246. The van der Waals surface area contributed by atoms with Crippen molar-refractivity contribution in [2.75, 3.05) is 13.1 Å². The predicted molar refractivity (Wildman–Crippen MR) is 92.1 cm³/mol. The summed E-state index contributed by atoms with van der Waals surface area (Å²) in [6.07, 6.45) is 6.46. The van der Waals surface area contributed by atoms with Crippen molar-refractivity contribution < 1.29 is 9.18 Å². The highest BCUT2D eigenvalue weighted by atomic mass is 35.5. The minimum Gasteiger partial charge on any atom is -0.349 e. The van der Waals surface area contributed by atoms with E-state index >= 15 is 0 Å². The first kappa shape index (κ1) is 18.2. The largest absolute Gasteiger partial charge is 0.349 e. The van der Waals surface area contributed by atoms with Gasteiger partial charge in [0, 0.05) is 12.1 Å². The number of rotatable bonds is 4. The van der Waals surface area contributed by atoms with Crippen LogP contribution in [0.25, 0.3) is 0 Å². The van der Waals surface area contributed by atoms with Crippen molar-refractivity contribution in [3.63, 3.8) is 0 Å². The minimum atomic E-state index is -0.207. The number of hydrogen-bond acceptors (Lipinski definition) is 2. The maximum absolute atomic E-state index is 14.2.